The molecule has 146 valence electrons. The van der Waals surface area contributed by atoms with Crippen LogP contribution in [0.4, 0.5) is 0 Å². The van der Waals surface area contributed by atoms with Gasteiger partial charge in [-0.25, -0.2) is 4.68 Å². The van der Waals surface area contributed by atoms with E-state index in [2.05, 4.69) is 84.9 Å². The Labute approximate surface area is 172 Å². The third kappa shape index (κ3) is 4.79. The van der Waals surface area contributed by atoms with Crippen LogP contribution in [-0.4, -0.2) is 21.3 Å². The summed E-state index contributed by atoms with van der Waals surface area (Å²) in [4.78, 5) is 4.39. The number of hydrogen-bond donors (Lipinski definition) is 1. The van der Waals surface area contributed by atoms with Crippen LogP contribution in [0.5, 0.6) is 0 Å². The molecule has 0 bridgehead atoms. The van der Waals surface area contributed by atoms with Crippen molar-refractivity contribution < 1.29 is 0 Å². The van der Waals surface area contributed by atoms with E-state index in [1.54, 1.807) is 0 Å². The molecule has 0 saturated heterocycles. The van der Waals surface area contributed by atoms with Crippen LogP contribution in [0.3, 0.4) is 0 Å². The minimum Gasteiger partial charge on any atom is -0.312 e. The van der Waals surface area contributed by atoms with Crippen LogP contribution < -0.4 is 5.32 Å². The quantitative estimate of drug-likeness (QED) is 0.463. The lowest BCUT2D eigenvalue weighted by Gasteiger charge is -2.06. The van der Waals surface area contributed by atoms with Crippen molar-refractivity contribution in [2.24, 2.45) is 0 Å². The van der Waals surface area contributed by atoms with E-state index in [1.165, 1.54) is 16.7 Å². The molecule has 0 fully saturated rings. The van der Waals surface area contributed by atoms with Gasteiger partial charge in [-0.3, -0.25) is 4.98 Å². The fraction of sp³-hybridized carbons (Fsp3) is 0.200. The molecule has 0 spiro atoms. The van der Waals surface area contributed by atoms with Crippen LogP contribution in [0.2, 0.25) is 0 Å². The molecule has 4 rings (SSSR count). The van der Waals surface area contributed by atoms with Gasteiger partial charge in [-0.05, 0) is 44.2 Å². The highest BCUT2D eigenvalue weighted by Crippen LogP contribution is 2.24. The van der Waals surface area contributed by atoms with E-state index in [9.17, 15) is 0 Å². The number of pyridine rings is 1. The van der Waals surface area contributed by atoms with Gasteiger partial charge in [0.25, 0.3) is 0 Å². The van der Waals surface area contributed by atoms with E-state index in [-0.39, 0.29) is 0 Å². The molecule has 4 aromatic rings. The minimum absolute atomic E-state index is 0.766. The van der Waals surface area contributed by atoms with Crippen molar-refractivity contribution in [2.45, 2.75) is 26.8 Å². The maximum atomic E-state index is 4.92. The van der Waals surface area contributed by atoms with Crippen molar-refractivity contribution in [1.29, 1.82) is 0 Å². The molecule has 1 N–H and O–H groups in total. The molecular formula is C25H26N4. The highest BCUT2D eigenvalue weighted by Gasteiger charge is 2.12. The lowest BCUT2D eigenvalue weighted by Crippen LogP contribution is -2.17. The van der Waals surface area contributed by atoms with Gasteiger partial charge < -0.3 is 5.32 Å². The van der Waals surface area contributed by atoms with Gasteiger partial charge in [0.1, 0.15) is 0 Å². The Kier molecular flexibility index (Phi) is 5.82. The normalized spacial score (nSPS) is 11.0. The first kappa shape index (κ1) is 19.1. The number of aromatic nitrogens is 3. The highest BCUT2D eigenvalue weighted by molar-refractivity contribution is 5.64. The summed E-state index contributed by atoms with van der Waals surface area (Å²) in [7, 11) is 0. The van der Waals surface area contributed by atoms with Gasteiger partial charge >= 0.3 is 0 Å². The first-order valence-electron chi connectivity index (χ1n) is 10.0. The standard InChI is InChI=1S/C25H26N4/c1-19-9-11-24(12-10-19)29-18-22(17-26-15-13-23-8-3-4-14-27-23)25(28-29)21-7-5-6-20(2)16-21/h3-12,14,16,18,26H,13,15,17H2,1-2H3. The third-order valence-electron chi connectivity index (χ3n) is 4.98. The maximum Gasteiger partial charge on any atom is 0.0972 e. The molecule has 29 heavy (non-hydrogen) atoms. The second kappa shape index (κ2) is 8.84. The summed E-state index contributed by atoms with van der Waals surface area (Å²) in [5.41, 5.74) is 8.03. The van der Waals surface area contributed by atoms with Crippen LogP contribution in [-0.2, 0) is 13.0 Å². The van der Waals surface area contributed by atoms with Crippen molar-refractivity contribution in [1.82, 2.24) is 20.1 Å². The van der Waals surface area contributed by atoms with E-state index in [0.29, 0.717) is 0 Å². The fourth-order valence-corrected chi connectivity index (χ4v) is 3.39. The lowest BCUT2D eigenvalue weighted by atomic mass is 10.1. The summed E-state index contributed by atoms with van der Waals surface area (Å²) in [6.07, 6.45) is 4.89. The van der Waals surface area contributed by atoms with E-state index in [4.69, 9.17) is 5.10 Å². The van der Waals surface area contributed by atoms with Crippen LogP contribution in [0.15, 0.2) is 79.1 Å². The van der Waals surface area contributed by atoms with Gasteiger partial charge in [0.05, 0.1) is 11.4 Å². The molecule has 0 saturated carbocycles. The molecule has 2 heterocycles. The molecule has 0 radical (unpaired) electrons. The van der Waals surface area contributed by atoms with Gasteiger partial charge in [0, 0.05) is 48.7 Å². The molecule has 4 heteroatoms. The maximum absolute atomic E-state index is 4.92. The summed E-state index contributed by atoms with van der Waals surface area (Å²) in [6, 6.07) is 23.0. The summed E-state index contributed by atoms with van der Waals surface area (Å²) >= 11 is 0. The average Bonchev–Trinajstić information content (AvgIpc) is 3.17. The zero-order valence-corrected chi connectivity index (χ0v) is 17.0. The number of rotatable bonds is 7. The molecule has 0 aliphatic rings. The van der Waals surface area contributed by atoms with E-state index >= 15 is 0 Å². The van der Waals surface area contributed by atoms with Crippen molar-refractivity contribution >= 4 is 0 Å². The molecule has 0 atom stereocenters. The van der Waals surface area contributed by atoms with Crippen LogP contribution >= 0.6 is 0 Å². The number of aryl methyl sites for hydroxylation is 2. The van der Waals surface area contributed by atoms with Gasteiger partial charge in [0.2, 0.25) is 0 Å². The Morgan fingerprint density at radius 1 is 0.897 bits per heavy atom. The van der Waals surface area contributed by atoms with Gasteiger partial charge in [0.15, 0.2) is 0 Å². The molecule has 0 amide bonds. The first-order valence-corrected chi connectivity index (χ1v) is 10.0. The SMILES string of the molecule is Cc1ccc(-n2cc(CNCCc3ccccn3)c(-c3cccc(C)c3)n2)cc1. The molecule has 0 unspecified atom stereocenters. The fourth-order valence-electron chi connectivity index (χ4n) is 3.39. The first-order chi connectivity index (χ1) is 14.2. The number of benzene rings is 2. The Morgan fingerprint density at radius 3 is 2.52 bits per heavy atom. The van der Waals surface area contributed by atoms with E-state index in [0.717, 1.165) is 42.1 Å². The summed E-state index contributed by atoms with van der Waals surface area (Å²) in [5.74, 6) is 0. The molecular weight excluding hydrogens is 356 g/mol. The highest BCUT2D eigenvalue weighted by atomic mass is 15.3. The Bertz CT molecular complexity index is 1070. The Balaban J connectivity index is 1.56. The van der Waals surface area contributed by atoms with Crippen LogP contribution in [0.25, 0.3) is 16.9 Å². The van der Waals surface area contributed by atoms with Gasteiger partial charge in [-0.2, -0.15) is 5.10 Å². The molecule has 2 aromatic carbocycles. The lowest BCUT2D eigenvalue weighted by molar-refractivity contribution is 0.680. The molecule has 4 nitrogen and oxygen atoms in total. The van der Waals surface area contributed by atoms with Crippen molar-refractivity contribution in [3.05, 3.63) is 102 Å². The molecule has 2 aromatic heterocycles. The average molecular weight is 383 g/mol. The predicted octanol–water partition coefficient (Wildman–Crippen LogP) is 4.88. The summed E-state index contributed by atoms with van der Waals surface area (Å²) in [6.45, 7) is 5.86. The third-order valence-corrected chi connectivity index (χ3v) is 4.98. The second-order valence-corrected chi connectivity index (χ2v) is 7.40. The zero-order valence-electron chi connectivity index (χ0n) is 17.0. The largest absolute Gasteiger partial charge is 0.312 e. The number of hydrogen-bond acceptors (Lipinski definition) is 3. The smallest absolute Gasteiger partial charge is 0.0972 e. The van der Waals surface area contributed by atoms with E-state index < -0.39 is 0 Å². The Hall–Kier alpha value is -3.24. The minimum atomic E-state index is 0.766. The van der Waals surface area contributed by atoms with E-state index in [1.807, 2.05) is 23.0 Å². The number of nitrogens with one attached hydrogen (secondary N) is 1. The summed E-state index contributed by atoms with van der Waals surface area (Å²) in [5, 5.41) is 8.48. The topological polar surface area (TPSA) is 42.7 Å². The zero-order chi connectivity index (χ0) is 20.1. The Morgan fingerprint density at radius 2 is 1.76 bits per heavy atom. The molecule has 0 aliphatic carbocycles. The van der Waals surface area contributed by atoms with Crippen molar-refractivity contribution in [3.63, 3.8) is 0 Å². The van der Waals surface area contributed by atoms with Crippen molar-refractivity contribution in [2.75, 3.05) is 6.54 Å². The monoisotopic (exact) mass is 382 g/mol. The summed E-state index contributed by atoms with van der Waals surface area (Å²) < 4.78 is 1.98. The predicted molar refractivity (Wildman–Crippen MR) is 118 cm³/mol. The van der Waals surface area contributed by atoms with Crippen molar-refractivity contribution in [3.8, 4) is 16.9 Å². The van der Waals surface area contributed by atoms with Crippen LogP contribution in [0.1, 0.15) is 22.4 Å². The van der Waals surface area contributed by atoms with Gasteiger partial charge in [-0.1, -0.05) is 47.5 Å². The second-order valence-electron chi connectivity index (χ2n) is 7.40. The molecule has 0 aliphatic heterocycles. The van der Waals surface area contributed by atoms with Gasteiger partial charge in [-0.15, -0.1) is 0 Å². The number of nitrogens with zero attached hydrogens (tertiary/aromatic N) is 3. The van der Waals surface area contributed by atoms with Crippen LogP contribution in [0, 0.1) is 13.8 Å².